The second-order valence-electron chi connectivity index (χ2n) is 7.68. The average molecular weight is 422 g/mol. The summed E-state index contributed by atoms with van der Waals surface area (Å²) in [5.74, 6) is 2.11. The largest absolute Gasteiger partial charge is 0.411 e. The van der Waals surface area contributed by atoms with Crippen molar-refractivity contribution in [3.8, 4) is 11.5 Å². The molecule has 6 nitrogen and oxygen atoms in total. The third-order valence-corrected chi connectivity index (χ3v) is 8.55. The van der Waals surface area contributed by atoms with Crippen molar-refractivity contribution in [1.82, 2.24) is 14.5 Å². The Hall–Kier alpha value is -1.38. The van der Waals surface area contributed by atoms with Gasteiger partial charge in [0.2, 0.25) is 15.9 Å². The van der Waals surface area contributed by atoms with Crippen molar-refractivity contribution in [2.45, 2.75) is 61.5 Å². The van der Waals surface area contributed by atoms with Crippen molar-refractivity contribution < 1.29 is 12.8 Å². The van der Waals surface area contributed by atoms with Gasteiger partial charge in [-0.1, -0.05) is 43.5 Å². The van der Waals surface area contributed by atoms with Crippen LogP contribution in [0.4, 0.5) is 0 Å². The van der Waals surface area contributed by atoms with E-state index < -0.39 is 10.0 Å². The number of benzene rings is 1. The Balaban J connectivity index is 1.46. The standard InChI is InChI=1S/C20H27N3O3S2/c24-28(25,23-12-5-2-6-13-23)18-11-7-10-17(14-18)19-21-22-20(26-19)27-15-16-8-3-1-4-9-16/h7,10-11,14,16H,1-6,8-9,12-13,15H2. The summed E-state index contributed by atoms with van der Waals surface area (Å²) in [5, 5.41) is 8.85. The maximum Gasteiger partial charge on any atom is 0.276 e. The molecule has 0 N–H and O–H groups in total. The summed E-state index contributed by atoms with van der Waals surface area (Å²) >= 11 is 1.61. The number of piperidine rings is 1. The first-order chi connectivity index (χ1) is 13.6. The van der Waals surface area contributed by atoms with Gasteiger partial charge in [0, 0.05) is 24.4 Å². The molecule has 2 heterocycles. The summed E-state index contributed by atoms with van der Waals surface area (Å²) in [4.78, 5) is 0.293. The van der Waals surface area contributed by atoms with Crippen molar-refractivity contribution >= 4 is 21.8 Å². The molecule has 152 valence electrons. The van der Waals surface area contributed by atoms with Crippen LogP contribution in [-0.2, 0) is 10.0 Å². The van der Waals surface area contributed by atoms with Gasteiger partial charge in [0.15, 0.2) is 0 Å². The zero-order chi connectivity index (χ0) is 19.4. The number of thioether (sulfide) groups is 1. The van der Waals surface area contributed by atoms with E-state index in [0.717, 1.165) is 30.9 Å². The molecule has 1 saturated heterocycles. The molecule has 1 saturated carbocycles. The molecule has 0 amide bonds. The summed E-state index contributed by atoms with van der Waals surface area (Å²) in [6, 6.07) is 6.85. The maximum absolute atomic E-state index is 12.9. The predicted molar refractivity (Wildman–Crippen MR) is 110 cm³/mol. The highest BCUT2D eigenvalue weighted by Crippen LogP contribution is 2.31. The van der Waals surface area contributed by atoms with Crippen LogP contribution in [0.2, 0.25) is 0 Å². The molecule has 8 heteroatoms. The van der Waals surface area contributed by atoms with Crippen LogP contribution in [0.25, 0.3) is 11.5 Å². The molecule has 1 aromatic carbocycles. The second-order valence-corrected chi connectivity index (χ2v) is 10.6. The topological polar surface area (TPSA) is 76.3 Å². The number of sulfonamides is 1. The van der Waals surface area contributed by atoms with Crippen LogP contribution in [0.15, 0.2) is 38.8 Å². The summed E-state index contributed by atoms with van der Waals surface area (Å²) < 4.78 is 33.2. The van der Waals surface area contributed by atoms with Gasteiger partial charge < -0.3 is 4.42 Å². The Morgan fingerprint density at radius 2 is 1.79 bits per heavy atom. The van der Waals surface area contributed by atoms with Gasteiger partial charge in [-0.3, -0.25) is 0 Å². The van der Waals surface area contributed by atoms with Gasteiger partial charge in [-0.25, -0.2) is 8.42 Å². The Kier molecular flexibility index (Phi) is 6.38. The molecule has 2 fully saturated rings. The van der Waals surface area contributed by atoms with E-state index in [2.05, 4.69) is 10.2 Å². The zero-order valence-corrected chi connectivity index (χ0v) is 17.7. The van der Waals surface area contributed by atoms with Crippen molar-refractivity contribution in [1.29, 1.82) is 0 Å². The van der Waals surface area contributed by atoms with E-state index in [4.69, 9.17) is 4.42 Å². The van der Waals surface area contributed by atoms with Gasteiger partial charge in [0.25, 0.3) is 5.22 Å². The van der Waals surface area contributed by atoms with E-state index in [1.54, 1.807) is 34.3 Å². The normalized spacial score (nSPS) is 19.7. The van der Waals surface area contributed by atoms with Crippen LogP contribution in [-0.4, -0.2) is 41.8 Å². The molecule has 0 bridgehead atoms. The molecule has 0 unspecified atom stereocenters. The lowest BCUT2D eigenvalue weighted by Gasteiger charge is -2.25. The monoisotopic (exact) mass is 421 g/mol. The lowest BCUT2D eigenvalue weighted by molar-refractivity contribution is 0.346. The van der Waals surface area contributed by atoms with E-state index >= 15 is 0 Å². The molecular formula is C20H27N3O3S2. The Morgan fingerprint density at radius 3 is 2.57 bits per heavy atom. The first kappa shape index (κ1) is 19.9. The number of hydrogen-bond acceptors (Lipinski definition) is 6. The fraction of sp³-hybridized carbons (Fsp3) is 0.600. The highest BCUT2D eigenvalue weighted by Gasteiger charge is 2.26. The van der Waals surface area contributed by atoms with Gasteiger partial charge in [-0.05, 0) is 49.8 Å². The van der Waals surface area contributed by atoms with Gasteiger partial charge in [0.1, 0.15) is 0 Å². The Bertz CT molecular complexity index is 886. The molecule has 0 radical (unpaired) electrons. The quantitative estimate of drug-likeness (QED) is 0.635. The number of hydrogen-bond donors (Lipinski definition) is 0. The number of nitrogens with zero attached hydrogens (tertiary/aromatic N) is 3. The van der Waals surface area contributed by atoms with Crippen LogP contribution >= 0.6 is 11.8 Å². The van der Waals surface area contributed by atoms with Gasteiger partial charge in [-0.15, -0.1) is 10.2 Å². The number of aromatic nitrogens is 2. The minimum Gasteiger partial charge on any atom is -0.411 e. The van der Waals surface area contributed by atoms with Crippen molar-refractivity contribution in [3.05, 3.63) is 24.3 Å². The first-order valence-corrected chi connectivity index (χ1v) is 12.6. The van der Waals surface area contributed by atoms with Crippen LogP contribution in [0.5, 0.6) is 0 Å². The molecule has 1 aliphatic carbocycles. The minimum atomic E-state index is -3.47. The van der Waals surface area contributed by atoms with Crippen molar-refractivity contribution in [3.63, 3.8) is 0 Å². The highest BCUT2D eigenvalue weighted by atomic mass is 32.2. The van der Waals surface area contributed by atoms with E-state index in [0.29, 0.717) is 34.7 Å². The van der Waals surface area contributed by atoms with E-state index in [-0.39, 0.29) is 0 Å². The van der Waals surface area contributed by atoms with Gasteiger partial charge in [-0.2, -0.15) is 4.31 Å². The maximum atomic E-state index is 12.9. The molecular weight excluding hydrogens is 394 g/mol. The highest BCUT2D eigenvalue weighted by molar-refractivity contribution is 7.99. The second kappa shape index (κ2) is 8.97. The van der Waals surface area contributed by atoms with E-state index in [1.165, 1.54) is 32.1 Å². The van der Waals surface area contributed by atoms with Crippen LogP contribution in [0, 0.1) is 5.92 Å². The van der Waals surface area contributed by atoms with E-state index in [1.807, 2.05) is 6.07 Å². The van der Waals surface area contributed by atoms with Crippen LogP contribution < -0.4 is 0 Å². The third-order valence-electron chi connectivity index (χ3n) is 5.61. The molecule has 0 spiro atoms. The van der Waals surface area contributed by atoms with Crippen molar-refractivity contribution in [2.75, 3.05) is 18.8 Å². The average Bonchev–Trinajstić information content (AvgIpc) is 3.23. The zero-order valence-electron chi connectivity index (χ0n) is 16.0. The first-order valence-electron chi connectivity index (χ1n) is 10.2. The summed E-state index contributed by atoms with van der Waals surface area (Å²) in [6.45, 7) is 1.18. The number of rotatable bonds is 6. The van der Waals surface area contributed by atoms with Crippen LogP contribution in [0.1, 0.15) is 51.4 Å². The molecule has 28 heavy (non-hydrogen) atoms. The van der Waals surface area contributed by atoms with Gasteiger partial charge in [0.05, 0.1) is 4.90 Å². The summed E-state index contributed by atoms with van der Waals surface area (Å²) in [6.07, 6.45) is 9.48. The molecule has 1 aromatic heterocycles. The summed E-state index contributed by atoms with van der Waals surface area (Å²) in [5.41, 5.74) is 0.648. The minimum absolute atomic E-state index is 0.293. The lowest BCUT2D eigenvalue weighted by Crippen LogP contribution is -2.35. The Labute approximate surface area is 171 Å². The SMILES string of the molecule is O=S(=O)(c1cccc(-c2nnc(SCC3CCCCC3)o2)c1)N1CCCCC1. The molecule has 0 atom stereocenters. The fourth-order valence-corrected chi connectivity index (χ4v) is 6.48. The fourth-order valence-electron chi connectivity index (χ4n) is 3.97. The third kappa shape index (κ3) is 4.60. The van der Waals surface area contributed by atoms with E-state index in [9.17, 15) is 8.42 Å². The molecule has 2 aliphatic rings. The van der Waals surface area contributed by atoms with Crippen molar-refractivity contribution in [2.24, 2.45) is 5.92 Å². The van der Waals surface area contributed by atoms with Crippen LogP contribution in [0.3, 0.4) is 0 Å². The molecule has 1 aliphatic heterocycles. The predicted octanol–water partition coefficient (Wildman–Crippen LogP) is 4.58. The molecule has 2 aromatic rings. The molecule has 4 rings (SSSR count). The Morgan fingerprint density at radius 1 is 1.04 bits per heavy atom. The lowest BCUT2D eigenvalue weighted by atomic mass is 9.91. The summed E-state index contributed by atoms with van der Waals surface area (Å²) in [7, 11) is -3.47. The van der Waals surface area contributed by atoms with Gasteiger partial charge >= 0.3 is 0 Å². The smallest absolute Gasteiger partial charge is 0.276 e.